The zero-order valence-electron chi connectivity index (χ0n) is 12.3. The third-order valence-electron chi connectivity index (χ3n) is 4.02. The molecule has 1 rings (SSSR count). The van der Waals surface area contributed by atoms with E-state index in [4.69, 9.17) is 15.3 Å². The van der Waals surface area contributed by atoms with E-state index >= 15 is 0 Å². The van der Waals surface area contributed by atoms with E-state index in [-0.39, 0.29) is 19.8 Å². The third kappa shape index (κ3) is 6.32. The molecule has 3 N–H and O–H groups in total. The van der Waals surface area contributed by atoms with Gasteiger partial charge in [0.2, 0.25) is 0 Å². The van der Waals surface area contributed by atoms with Crippen molar-refractivity contribution < 1.29 is 15.3 Å². The van der Waals surface area contributed by atoms with Gasteiger partial charge in [-0.2, -0.15) is 0 Å². The van der Waals surface area contributed by atoms with Gasteiger partial charge in [0, 0.05) is 0 Å². The van der Waals surface area contributed by atoms with Crippen molar-refractivity contribution in [3.05, 3.63) is 35.9 Å². The minimum atomic E-state index is -1.58. The molecular weight excluding hydrogens is 271 g/mol. The number of hydrogen-bond acceptors (Lipinski definition) is 3. The number of benzene rings is 1. The first kappa shape index (κ1) is 17.6. The second-order valence-corrected chi connectivity index (χ2v) is 10.5. The van der Waals surface area contributed by atoms with Crippen LogP contribution in [-0.2, 0) is 6.16 Å². The van der Waals surface area contributed by atoms with Gasteiger partial charge in [0.1, 0.15) is 0 Å². The van der Waals surface area contributed by atoms with Crippen LogP contribution in [0.15, 0.2) is 30.3 Å². The molecule has 0 aliphatic rings. The molecule has 20 heavy (non-hydrogen) atoms. The van der Waals surface area contributed by atoms with Gasteiger partial charge in [-0.1, -0.05) is 0 Å². The van der Waals surface area contributed by atoms with Gasteiger partial charge in [-0.3, -0.25) is 0 Å². The van der Waals surface area contributed by atoms with Crippen molar-refractivity contribution in [3.63, 3.8) is 0 Å². The van der Waals surface area contributed by atoms with Gasteiger partial charge in [0.15, 0.2) is 0 Å². The molecule has 0 bridgehead atoms. The van der Waals surface area contributed by atoms with Crippen molar-refractivity contribution in [2.75, 3.05) is 38.3 Å². The van der Waals surface area contributed by atoms with Crippen LogP contribution in [0.3, 0.4) is 0 Å². The maximum atomic E-state index is 9.17. The molecule has 0 amide bonds. The molecule has 0 aliphatic carbocycles. The Morgan fingerprint density at radius 2 is 1.15 bits per heavy atom. The fourth-order valence-electron chi connectivity index (χ4n) is 3.03. The Bertz CT molecular complexity index is 321. The van der Waals surface area contributed by atoms with Crippen molar-refractivity contribution in [1.82, 2.24) is 0 Å². The van der Waals surface area contributed by atoms with Crippen LogP contribution in [0.2, 0.25) is 0 Å². The van der Waals surface area contributed by atoms with Crippen LogP contribution in [0.5, 0.6) is 0 Å². The van der Waals surface area contributed by atoms with E-state index in [1.165, 1.54) is 5.56 Å². The molecule has 0 unspecified atom stereocenters. The summed E-state index contributed by atoms with van der Waals surface area (Å²) in [7, 11) is -1.58. The van der Waals surface area contributed by atoms with Gasteiger partial charge < -0.3 is 0 Å². The Morgan fingerprint density at radius 3 is 1.55 bits per heavy atom. The summed E-state index contributed by atoms with van der Waals surface area (Å²) in [6, 6.07) is 10.5. The molecule has 0 saturated heterocycles. The van der Waals surface area contributed by atoms with E-state index in [1.807, 2.05) is 6.07 Å². The fraction of sp³-hybridized carbons (Fsp3) is 0.625. The predicted molar refractivity (Wildman–Crippen MR) is 88.2 cm³/mol. The van der Waals surface area contributed by atoms with E-state index < -0.39 is 7.26 Å². The van der Waals surface area contributed by atoms with Crippen LogP contribution >= 0.6 is 7.26 Å². The summed E-state index contributed by atoms with van der Waals surface area (Å²) in [6.45, 7) is 0.714. The molecule has 0 heterocycles. The van der Waals surface area contributed by atoms with E-state index in [0.717, 1.165) is 43.9 Å². The maximum absolute atomic E-state index is 9.17. The molecule has 1 aromatic rings. The minimum absolute atomic E-state index is 0.238. The van der Waals surface area contributed by atoms with Gasteiger partial charge in [-0.15, -0.1) is 0 Å². The Balaban J connectivity index is 2.81. The Labute approximate surface area is 123 Å². The van der Waals surface area contributed by atoms with Gasteiger partial charge in [0.05, 0.1) is 0 Å². The van der Waals surface area contributed by atoms with Crippen LogP contribution in [0.1, 0.15) is 24.8 Å². The molecule has 0 atom stereocenters. The molecule has 116 valence electrons. The van der Waals surface area contributed by atoms with Gasteiger partial charge in [-0.25, -0.2) is 0 Å². The quantitative estimate of drug-likeness (QED) is 0.548. The average molecular weight is 300 g/mol. The van der Waals surface area contributed by atoms with Crippen molar-refractivity contribution in [3.8, 4) is 0 Å². The number of aliphatic hydroxyl groups excluding tert-OH is 3. The zero-order chi connectivity index (χ0) is 14.7. The van der Waals surface area contributed by atoms with Gasteiger partial charge in [-0.05, 0) is 0 Å². The summed E-state index contributed by atoms with van der Waals surface area (Å²) < 4.78 is 0. The van der Waals surface area contributed by atoms with Crippen LogP contribution in [0, 0.1) is 0 Å². The van der Waals surface area contributed by atoms with E-state index in [0.29, 0.717) is 0 Å². The molecule has 4 heteroatoms. The molecule has 0 spiro atoms. The first-order valence-electron chi connectivity index (χ1n) is 7.63. The summed E-state index contributed by atoms with van der Waals surface area (Å²) in [4.78, 5) is 0. The number of hydrogen-bond donors (Lipinski definition) is 3. The summed E-state index contributed by atoms with van der Waals surface area (Å²) in [5.41, 5.74) is 1.35. The molecule has 1 aromatic carbocycles. The topological polar surface area (TPSA) is 60.7 Å². The summed E-state index contributed by atoms with van der Waals surface area (Å²) in [5, 5.41) is 27.5. The SMILES string of the molecule is OCCC[PH](CCCO)(CCCO)Cc1ccccc1. The van der Waals surface area contributed by atoms with Crippen LogP contribution in [0.25, 0.3) is 0 Å². The van der Waals surface area contributed by atoms with Crippen LogP contribution in [0.4, 0.5) is 0 Å². The standard InChI is InChI=1S/C16H29O3P/c17-9-4-12-20(13-5-10-18,14-6-11-19)15-16-7-2-1-3-8-16/h1-3,7-8,17-20H,4-6,9-15H2. The summed E-state index contributed by atoms with van der Waals surface area (Å²) >= 11 is 0. The molecule has 0 saturated carbocycles. The second-order valence-electron chi connectivity index (χ2n) is 5.64. The van der Waals surface area contributed by atoms with Crippen molar-refractivity contribution in [2.45, 2.75) is 25.4 Å². The Kier molecular flexibility index (Phi) is 9.04. The normalized spacial score (nSPS) is 12.6. The monoisotopic (exact) mass is 300 g/mol. The predicted octanol–water partition coefficient (Wildman–Crippen LogP) is 2.08. The van der Waals surface area contributed by atoms with Gasteiger partial charge >= 0.3 is 122 Å². The first-order chi connectivity index (χ1) is 9.76. The van der Waals surface area contributed by atoms with Crippen LogP contribution < -0.4 is 0 Å². The van der Waals surface area contributed by atoms with E-state index in [2.05, 4.69) is 24.3 Å². The van der Waals surface area contributed by atoms with Crippen molar-refractivity contribution in [1.29, 1.82) is 0 Å². The second kappa shape index (κ2) is 10.3. The molecular formula is C16H29O3P. The molecule has 0 radical (unpaired) electrons. The van der Waals surface area contributed by atoms with Crippen molar-refractivity contribution >= 4 is 7.26 Å². The third-order valence-corrected chi connectivity index (χ3v) is 9.42. The molecule has 0 aliphatic heterocycles. The summed E-state index contributed by atoms with van der Waals surface area (Å²) in [5.74, 6) is 0. The fourth-order valence-corrected chi connectivity index (χ4v) is 8.14. The van der Waals surface area contributed by atoms with Crippen molar-refractivity contribution in [2.24, 2.45) is 0 Å². The van der Waals surface area contributed by atoms with Crippen LogP contribution in [-0.4, -0.2) is 53.6 Å². The molecule has 3 nitrogen and oxygen atoms in total. The molecule has 0 aromatic heterocycles. The number of rotatable bonds is 11. The zero-order valence-corrected chi connectivity index (χ0v) is 13.3. The first-order valence-corrected chi connectivity index (χ1v) is 10.5. The molecule has 0 fully saturated rings. The van der Waals surface area contributed by atoms with Gasteiger partial charge in [0.25, 0.3) is 0 Å². The number of aliphatic hydroxyl groups is 3. The average Bonchev–Trinajstić information content (AvgIpc) is 2.49. The summed E-state index contributed by atoms with van der Waals surface area (Å²) in [6.07, 6.45) is 6.87. The Hall–Kier alpha value is -0.470. The Morgan fingerprint density at radius 1 is 0.700 bits per heavy atom. The van der Waals surface area contributed by atoms with E-state index in [9.17, 15) is 0 Å². The van der Waals surface area contributed by atoms with E-state index in [1.54, 1.807) is 0 Å².